The van der Waals surface area contributed by atoms with Crippen LogP contribution >= 0.6 is 11.8 Å². The summed E-state index contributed by atoms with van der Waals surface area (Å²) in [4.78, 5) is 12.2. The lowest BCUT2D eigenvalue weighted by atomic mass is 9.96. The zero-order chi connectivity index (χ0) is 15.9. The first-order valence-corrected chi connectivity index (χ1v) is 8.21. The molecule has 1 heterocycles. The van der Waals surface area contributed by atoms with Gasteiger partial charge in [0.25, 0.3) is 0 Å². The van der Waals surface area contributed by atoms with E-state index in [9.17, 15) is 4.79 Å². The fraction of sp³-hybridized carbons (Fsp3) is 0.467. The fourth-order valence-electron chi connectivity index (χ4n) is 2.12. The average Bonchev–Trinajstić information content (AvgIpc) is 2.94. The summed E-state index contributed by atoms with van der Waals surface area (Å²) in [5.74, 6) is 0.334. The van der Waals surface area contributed by atoms with Crippen molar-refractivity contribution in [2.75, 3.05) is 6.54 Å². The van der Waals surface area contributed by atoms with Gasteiger partial charge >= 0.3 is 0 Å². The largest absolute Gasteiger partial charge is 0.355 e. The Kier molecular flexibility index (Phi) is 5.94. The zero-order valence-electron chi connectivity index (χ0n) is 13.1. The van der Waals surface area contributed by atoms with Gasteiger partial charge in [-0.2, -0.15) is 0 Å². The summed E-state index contributed by atoms with van der Waals surface area (Å²) in [6, 6.07) is 10.3. The van der Waals surface area contributed by atoms with E-state index in [4.69, 9.17) is 0 Å². The second kappa shape index (κ2) is 7.93. The van der Waals surface area contributed by atoms with Crippen LogP contribution in [0.3, 0.4) is 0 Å². The fourth-order valence-corrected chi connectivity index (χ4v) is 2.90. The predicted octanol–water partition coefficient (Wildman–Crippen LogP) is 2.00. The number of carbonyl (C=O) groups is 1. The van der Waals surface area contributed by atoms with Crippen LogP contribution in [0, 0.1) is 0 Å². The van der Waals surface area contributed by atoms with E-state index in [0.717, 1.165) is 6.42 Å². The minimum Gasteiger partial charge on any atom is -0.355 e. The summed E-state index contributed by atoms with van der Waals surface area (Å²) < 4.78 is 1.56. The molecule has 0 saturated carbocycles. The van der Waals surface area contributed by atoms with Crippen molar-refractivity contribution < 1.29 is 4.79 Å². The maximum Gasteiger partial charge on any atom is 0.233 e. The van der Waals surface area contributed by atoms with Crippen LogP contribution < -0.4 is 5.32 Å². The molecule has 2 atom stereocenters. The molecule has 0 fully saturated rings. The molecule has 22 heavy (non-hydrogen) atoms. The number of amides is 1. The van der Waals surface area contributed by atoms with Gasteiger partial charge in [0, 0.05) is 19.5 Å². The molecule has 2 aromatic rings. The van der Waals surface area contributed by atoms with Gasteiger partial charge in [0.2, 0.25) is 11.1 Å². The van der Waals surface area contributed by atoms with Crippen LogP contribution in [0.5, 0.6) is 0 Å². The van der Waals surface area contributed by atoms with Crippen LogP contribution in [0.1, 0.15) is 31.7 Å². The van der Waals surface area contributed by atoms with E-state index in [-0.39, 0.29) is 11.2 Å². The molecule has 0 radical (unpaired) electrons. The molecule has 7 heteroatoms. The van der Waals surface area contributed by atoms with Crippen LogP contribution in [-0.4, -0.2) is 37.9 Å². The lowest BCUT2D eigenvalue weighted by Crippen LogP contribution is -2.34. The minimum atomic E-state index is -0.238. The third-order valence-electron chi connectivity index (χ3n) is 3.52. The molecule has 0 unspecified atom stereocenters. The highest BCUT2D eigenvalue weighted by atomic mass is 32.2. The highest BCUT2D eigenvalue weighted by molar-refractivity contribution is 8.00. The van der Waals surface area contributed by atoms with Crippen molar-refractivity contribution >= 4 is 17.7 Å². The van der Waals surface area contributed by atoms with Crippen molar-refractivity contribution in [1.29, 1.82) is 0 Å². The van der Waals surface area contributed by atoms with Crippen molar-refractivity contribution in [2.45, 2.75) is 36.6 Å². The summed E-state index contributed by atoms with van der Waals surface area (Å²) >= 11 is 1.35. The first-order chi connectivity index (χ1) is 10.6. The van der Waals surface area contributed by atoms with Crippen molar-refractivity contribution in [3.63, 3.8) is 0 Å². The standard InChI is InChI=1S/C15H21N5OS/c1-4-12(13-8-6-5-7-9-13)10-16-14(21)11(2)22-15-17-18-19-20(15)3/h5-9,11-12H,4,10H2,1-3H3,(H,16,21)/t11-,12+/m0/s1. The van der Waals surface area contributed by atoms with Gasteiger partial charge < -0.3 is 5.32 Å². The van der Waals surface area contributed by atoms with Gasteiger partial charge in [-0.3, -0.25) is 4.79 Å². The zero-order valence-corrected chi connectivity index (χ0v) is 13.9. The molecule has 1 N–H and O–H groups in total. The molecule has 2 rings (SSSR count). The molecule has 0 spiro atoms. The highest BCUT2D eigenvalue weighted by Gasteiger charge is 2.18. The molecule has 0 aliphatic rings. The summed E-state index contributed by atoms with van der Waals surface area (Å²) in [5.41, 5.74) is 1.25. The summed E-state index contributed by atoms with van der Waals surface area (Å²) in [7, 11) is 1.76. The molecule has 1 aromatic heterocycles. The monoisotopic (exact) mass is 319 g/mol. The second-order valence-corrected chi connectivity index (χ2v) is 6.41. The summed E-state index contributed by atoms with van der Waals surface area (Å²) in [6.45, 7) is 4.63. The Bertz CT molecular complexity index is 601. The Morgan fingerprint density at radius 2 is 2.09 bits per heavy atom. The second-order valence-electron chi connectivity index (χ2n) is 5.11. The quantitative estimate of drug-likeness (QED) is 0.790. The molecule has 1 aromatic carbocycles. The van der Waals surface area contributed by atoms with E-state index in [1.807, 2.05) is 25.1 Å². The summed E-state index contributed by atoms with van der Waals surface area (Å²) in [6.07, 6.45) is 0.985. The molecule has 0 saturated heterocycles. The van der Waals surface area contributed by atoms with Crippen LogP contribution in [-0.2, 0) is 11.8 Å². The number of thioether (sulfide) groups is 1. The Balaban J connectivity index is 1.87. The number of hydrogen-bond acceptors (Lipinski definition) is 5. The van der Waals surface area contributed by atoms with Crippen LogP contribution in [0.2, 0.25) is 0 Å². The molecule has 118 valence electrons. The third kappa shape index (κ3) is 4.30. The maximum atomic E-state index is 12.2. The number of aryl methyl sites for hydroxylation is 1. The molecule has 1 amide bonds. The number of hydrogen-bond donors (Lipinski definition) is 1. The lowest BCUT2D eigenvalue weighted by Gasteiger charge is -2.18. The number of benzene rings is 1. The normalized spacial score (nSPS) is 13.6. The van der Waals surface area contributed by atoms with E-state index in [1.54, 1.807) is 11.7 Å². The number of aromatic nitrogens is 4. The van der Waals surface area contributed by atoms with Gasteiger partial charge in [0.15, 0.2) is 0 Å². The number of nitrogens with zero attached hydrogens (tertiary/aromatic N) is 4. The van der Waals surface area contributed by atoms with Gasteiger partial charge in [-0.15, -0.1) is 5.10 Å². The SMILES string of the molecule is CC[C@H](CNC(=O)[C@H](C)Sc1nnnn1C)c1ccccc1. The maximum absolute atomic E-state index is 12.2. The van der Waals surface area contributed by atoms with E-state index in [0.29, 0.717) is 17.6 Å². The van der Waals surface area contributed by atoms with Gasteiger partial charge in [-0.25, -0.2) is 4.68 Å². The molecule has 6 nitrogen and oxygen atoms in total. The Hall–Kier alpha value is -1.89. The van der Waals surface area contributed by atoms with Crippen LogP contribution in [0.25, 0.3) is 0 Å². The van der Waals surface area contributed by atoms with E-state index < -0.39 is 0 Å². The lowest BCUT2D eigenvalue weighted by molar-refractivity contribution is -0.120. The van der Waals surface area contributed by atoms with E-state index in [1.165, 1.54) is 17.3 Å². The minimum absolute atomic E-state index is 0.00220. The van der Waals surface area contributed by atoms with Crippen molar-refractivity contribution in [1.82, 2.24) is 25.5 Å². The Morgan fingerprint density at radius 3 is 2.68 bits per heavy atom. The van der Waals surface area contributed by atoms with Gasteiger partial charge in [0.05, 0.1) is 5.25 Å². The molecular weight excluding hydrogens is 298 g/mol. The number of tetrazole rings is 1. The molecular formula is C15H21N5OS. The van der Waals surface area contributed by atoms with Gasteiger partial charge in [-0.1, -0.05) is 49.0 Å². The smallest absolute Gasteiger partial charge is 0.233 e. The van der Waals surface area contributed by atoms with E-state index in [2.05, 4.69) is 39.9 Å². The molecule has 0 bridgehead atoms. The predicted molar refractivity (Wildman–Crippen MR) is 86.6 cm³/mol. The first-order valence-electron chi connectivity index (χ1n) is 7.33. The average molecular weight is 319 g/mol. The molecule has 0 aliphatic carbocycles. The number of carbonyl (C=O) groups excluding carboxylic acids is 1. The van der Waals surface area contributed by atoms with Crippen LogP contribution in [0.15, 0.2) is 35.5 Å². The molecule has 0 aliphatic heterocycles. The van der Waals surface area contributed by atoms with E-state index >= 15 is 0 Å². The van der Waals surface area contributed by atoms with Crippen molar-refractivity contribution in [3.05, 3.63) is 35.9 Å². The third-order valence-corrected chi connectivity index (χ3v) is 4.64. The highest BCUT2D eigenvalue weighted by Crippen LogP contribution is 2.21. The van der Waals surface area contributed by atoms with Crippen molar-refractivity contribution in [2.24, 2.45) is 7.05 Å². The van der Waals surface area contributed by atoms with Gasteiger partial charge in [-0.05, 0) is 29.3 Å². The number of rotatable bonds is 7. The summed E-state index contributed by atoms with van der Waals surface area (Å²) in [5, 5.41) is 14.6. The Morgan fingerprint density at radius 1 is 1.36 bits per heavy atom. The topological polar surface area (TPSA) is 72.7 Å². The van der Waals surface area contributed by atoms with Crippen molar-refractivity contribution in [3.8, 4) is 0 Å². The van der Waals surface area contributed by atoms with Gasteiger partial charge in [0.1, 0.15) is 0 Å². The Labute approximate surface area is 134 Å². The number of nitrogens with one attached hydrogen (secondary N) is 1. The van der Waals surface area contributed by atoms with Crippen LogP contribution in [0.4, 0.5) is 0 Å². The first kappa shape index (κ1) is 16.5.